The van der Waals surface area contributed by atoms with Crippen molar-refractivity contribution in [1.82, 2.24) is 0 Å². The van der Waals surface area contributed by atoms with Crippen LogP contribution in [0.25, 0.3) is 0 Å². The lowest BCUT2D eigenvalue weighted by Crippen LogP contribution is -2.17. The van der Waals surface area contributed by atoms with Gasteiger partial charge in [0.15, 0.2) is 0 Å². The van der Waals surface area contributed by atoms with Crippen LogP contribution in [0.2, 0.25) is 0 Å². The van der Waals surface area contributed by atoms with Crippen LogP contribution >= 0.6 is 0 Å². The zero-order valence-electron chi connectivity index (χ0n) is 11.6. The van der Waals surface area contributed by atoms with Crippen molar-refractivity contribution >= 4 is 5.69 Å². The van der Waals surface area contributed by atoms with Crippen LogP contribution in [0.15, 0.2) is 24.3 Å². The summed E-state index contributed by atoms with van der Waals surface area (Å²) in [5, 5.41) is 13.5. The summed E-state index contributed by atoms with van der Waals surface area (Å²) >= 11 is 0. The molecule has 1 saturated carbocycles. The van der Waals surface area contributed by atoms with Crippen molar-refractivity contribution in [3.63, 3.8) is 0 Å². The first-order valence-corrected chi connectivity index (χ1v) is 7.51. The molecule has 1 unspecified atom stereocenters. The average Bonchev–Trinajstić information content (AvgIpc) is 2.47. The van der Waals surface area contributed by atoms with Crippen molar-refractivity contribution in [2.24, 2.45) is 11.7 Å². The molecule has 0 amide bonds. The van der Waals surface area contributed by atoms with Crippen LogP contribution in [0.3, 0.4) is 0 Å². The summed E-state index contributed by atoms with van der Waals surface area (Å²) in [5.74, 6) is 0.811. The molecule has 1 fully saturated rings. The van der Waals surface area contributed by atoms with Crippen molar-refractivity contribution in [1.29, 1.82) is 0 Å². The van der Waals surface area contributed by atoms with Gasteiger partial charge in [0.25, 0.3) is 0 Å². The molecule has 1 atom stereocenters. The number of nitrogens with two attached hydrogens (primary N) is 1. The van der Waals surface area contributed by atoms with Gasteiger partial charge in [-0.2, -0.15) is 0 Å². The molecule has 1 aliphatic rings. The molecule has 1 aromatic rings. The highest BCUT2D eigenvalue weighted by Gasteiger charge is 2.13. The summed E-state index contributed by atoms with van der Waals surface area (Å²) in [6, 6.07) is 8.08. The van der Waals surface area contributed by atoms with Gasteiger partial charge in [-0.1, -0.05) is 31.4 Å². The van der Waals surface area contributed by atoms with Crippen LogP contribution in [0.1, 0.15) is 50.2 Å². The zero-order valence-corrected chi connectivity index (χ0v) is 11.6. The Labute approximate surface area is 116 Å². The van der Waals surface area contributed by atoms with E-state index in [-0.39, 0.29) is 0 Å². The summed E-state index contributed by atoms with van der Waals surface area (Å²) in [4.78, 5) is 0. The summed E-state index contributed by atoms with van der Waals surface area (Å²) in [6.07, 6.45) is 7.03. The lowest BCUT2D eigenvalue weighted by molar-refractivity contribution is 0.170. The normalized spacial score (nSPS) is 18.2. The first kappa shape index (κ1) is 14.4. The molecule has 0 heterocycles. The van der Waals surface area contributed by atoms with Gasteiger partial charge in [-0.25, -0.2) is 0 Å². The van der Waals surface area contributed by atoms with Crippen LogP contribution in [-0.4, -0.2) is 18.2 Å². The molecule has 1 aliphatic carbocycles. The van der Waals surface area contributed by atoms with E-state index < -0.39 is 6.10 Å². The fraction of sp³-hybridized carbons (Fsp3) is 0.625. The van der Waals surface area contributed by atoms with Crippen LogP contribution in [-0.2, 0) is 0 Å². The molecule has 106 valence electrons. The summed E-state index contributed by atoms with van der Waals surface area (Å²) in [7, 11) is 0. The number of nitrogens with one attached hydrogen (secondary N) is 1. The monoisotopic (exact) mass is 262 g/mol. The Bertz CT molecular complexity index is 375. The zero-order chi connectivity index (χ0) is 13.5. The van der Waals surface area contributed by atoms with Crippen LogP contribution < -0.4 is 11.1 Å². The number of aliphatic hydroxyl groups is 1. The van der Waals surface area contributed by atoms with Crippen molar-refractivity contribution in [2.75, 3.05) is 18.4 Å². The Morgan fingerprint density at radius 3 is 2.79 bits per heavy atom. The smallest absolute Gasteiger partial charge is 0.0802 e. The maximum absolute atomic E-state index is 9.95. The molecule has 3 heteroatoms. The molecule has 0 radical (unpaired) electrons. The molecule has 4 N–H and O–H groups in total. The Morgan fingerprint density at radius 2 is 2.05 bits per heavy atom. The van der Waals surface area contributed by atoms with Crippen LogP contribution in [0.5, 0.6) is 0 Å². The SMILES string of the molecule is NCCC(O)c1cccc(NCC2CCCCC2)c1. The first-order chi connectivity index (χ1) is 9.29. The van der Waals surface area contributed by atoms with Gasteiger partial charge in [-0.3, -0.25) is 0 Å². The van der Waals surface area contributed by atoms with Crippen LogP contribution in [0.4, 0.5) is 5.69 Å². The van der Waals surface area contributed by atoms with Gasteiger partial charge in [0.05, 0.1) is 6.10 Å². The second-order valence-corrected chi connectivity index (χ2v) is 5.60. The van der Waals surface area contributed by atoms with E-state index in [1.54, 1.807) is 0 Å². The minimum atomic E-state index is -0.443. The van der Waals surface area contributed by atoms with Crippen molar-refractivity contribution in [2.45, 2.75) is 44.6 Å². The maximum atomic E-state index is 9.95. The molecule has 1 aromatic carbocycles. The third kappa shape index (κ3) is 4.51. The van der Waals surface area contributed by atoms with E-state index in [0.717, 1.165) is 23.7 Å². The Balaban J connectivity index is 1.87. The first-order valence-electron chi connectivity index (χ1n) is 7.51. The minimum absolute atomic E-state index is 0.443. The van der Waals surface area contributed by atoms with E-state index in [4.69, 9.17) is 5.73 Å². The predicted molar refractivity (Wildman–Crippen MR) is 80.1 cm³/mol. The number of hydrogen-bond acceptors (Lipinski definition) is 3. The van der Waals surface area contributed by atoms with Crippen molar-refractivity contribution in [3.05, 3.63) is 29.8 Å². The molecule has 0 aromatic heterocycles. The van der Waals surface area contributed by atoms with Gasteiger partial charge in [-0.15, -0.1) is 0 Å². The minimum Gasteiger partial charge on any atom is -0.388 e. The highest BCUT2D eigenvalue weighted by Crippen LogP contribution is 2.25. The maximum Gasteiger partial charge on any atom is 0.0802 e. The topological polar surface area (TPSA) is 58.3 Å². The summed E-state index contributed by atoms with van der Waals surface area (Å²) in [5.41, 5.74) is 7.55. The van der Waals surface area contributed by atoms with E-state index in [9.17, 15) is 5.11 Å². The number of anilines is 1. The Hall–Kier alpha value is -1.06. The molecule has 0 spiro atoms. The second kappa shape index (κ2) is 7.51. The molecule has 19 heavy (non-hydrogen) atoms. The number of benzene rings is 1. The molecule has 3 nitrogen and oxygen atoms in total. The van der Waals surface area contributed by atoms with Gasteiger partial charge in [-0.05, 0) is 49.4 Å². The lowest BCUT2D eigenvalue weighted by atomic mass is 9.89. The summed E-state index contributed by atoms with van der Waals surface area (Å²) in [6.45, 7) is 1.57. The third-order valence-electron chi connectivity index (χ3n) is 4.03. The van der Waals surface area contributed by atoms with Gasteiger partial charge in [0.2, 0.25) is 0 Å². The number of rotatable bonds is 6. The highest BCUT2D eigenvalue weighted by atomic mass is 16.3. The fourth-order valence-electron chi connectivity index (χ4n) is 2.83. The summed E-state index contributed by atoms with van der Waals surface area (Å²) < 4.78 is 0. The Morgan fingerprint density at radius 1 is 1.26 bits per heavy atom. The molecule has 0 saturated heterocycles. The number of aliphatic hydroxyl groups excluding tert-OH is 1. The van der Waals surface area contributed by atoms with E-state index in [1.165, 1.54) is 32.1 Å². The van der Waals surface area contributed by atoms with E-state index in [0.29, 0.717) is 13.0 Å². The average molecular weight is 262 g/mol. The van der Waals surface area contributed by atoms with Gasteiger partial charge >= 0.3 is 0 Å². The van der Waals surface area contributed by atoms with Crippen molar-refractivity contribution in [3.8, 4) is 0 Å². The molecular weight excluding hydrogens is 236 g/mol. The standard InChI is InChI=1S/C16H26N2O/c17-10-9-16(19)14-7-4-8-15(11-14)18-12-13-5-2-1-3-6-13/h4,7-8,11,13,16,18-19H,1-3,5-6,9-10,12,17H2. The largest absolute Gasteiger partial charge is 0.388 e. The molecular formula is C16H26N2O. The highest BCUT2D eigenvalue weighted by molar-refractivity contribution is 5.46. The lowest BCUT2D eigenvalue weighted by Gasteiger charge is -2.22. The van der Waals surface area contributed by atoms with E-state index >= 15 is 0 Å². The second-order valence-electron chi connectivity index (χ2n) is 5.60. The fourth-order valence-corrected chi connectivity index (χ4v) is 2.83. The molecule has 2 rings (SSSR count). The Kier molecular flexibility index (Phi) is 5.67. The third-order valence-corrected chi connectivity index (χ3v) is 4.03. The predicted octanol–water partition coefficient (Wildman–Crippen LogP) is 3.06. The van der Waals surface area contributed by atoms with Crippen molar-refractivity contribution < 1.29 is 5.11 Å². The quantitative estimate of drug-likeness (QED) is 0.738. The van der Waals surface area contributed by atoms with Gasteiger partial charge < -0.3 is 16.2 Å². The van der Waals surface area contributed by atoms with Gasteiger partial charge in [0.1, 0.15) is 0 Å². The van der Waals surface area contributed by atoms with Crippen LogP contribution in [0, 0.1) is 5.92 Å². The molecule has 0 bridgehead atoms. The van der Waals surface area contributed by atoms with Gasteiger partial charge in [0, 0.05) is 12.2 Å². The van der Waals surface area contributed by atoms with E-state index in [1.807, 2.05) is 18.2 Å². The number of hydrogen-bond donors (Lipinski definition) is 3. The molecule has 0 aliphatic heterocycles. The van der Waals surface area contributed by atoms with E-state index in [2.05, 4.69) is 11.4 Å².